The van der Waals surface area contributed by atoms with Gasteiger partial charge in [0.1, 0.15) is 5.75 Å². The molecule has 16 heavy (non-hydrogen) atoms. The fourth-order valence-electron chi connectivity index (χ4n) is 1.87. The molecule has 3 nitrogen and oxygen atoms in total. The minimum absolute atomic E-state index is 0.00907. The molecule has 0 bridgehead atoms. The van der Waals surface area contributed by atoms with Gasteiger partial charge in [-0.15, -0.1) is 0 Å². The summed E-state index contributed by atoms with van der Waals surface area (Å²) in [7, 11) is 0. The molecule has 2 rings (SSSR count). The average molecular weight is 284 g/mol. The number of carbonyl (C=O) groups excluding carboxylic acids is 1. The van der Waals surface area contributed by atoms with Crippen molar-refractivity contribution in [2.45, 2.75) is 31.7 Å². The van der Waals surface area contributed by atoms with Gasteiger partial charge in [-0.05, 0) is 44.4 Å². The van der Waals surface area contributed by atoms with Crippen molar-refractivity contribution >= 4 is 21.8 Å². The van der Waals surface area contributed by atoms with E-state index in [1.807, 2.05) is 6.92 Å². The molecular weight excluding hydrogens is 270 g/mol. The summed E-state index contributed by atoms with van der Waals surface area (Å²) in [4.78, 5) is 11.9. The fraction of sp³-hybridized carbons (Fsp3) is 0.417. The Kier molecular flexibility index (Phi) is 2.93. The molecule has 2 N–H and O–H groups in total. The first-order valence-electron chi connectivity index (χ1n) is 5.31. The van der Waals surface area contributed by atoms with Gasteiger partial charge in [0.2, 0.25) is 0 Å². The number of nitrogens with one attached hydrogen (secondary N) is 1. The first-order valence-corrected chi connectivity index (χ1v) is 6.10. The highest BCUT2D eigenvalue weighted by molar-refractivity contribution is 9.10. The Morgan fingerprint density at radius 3 is 2.69 bits per heavy atom. The second-order valence-corrected chi connectivity index (χ2v) is 5.45. The third-order valence-corrected chi connectivity index (χ3v) is 3.57. The van der Waals surface area contributed by atoms with E-state index in [9.17, 15) is 9.90 Å². The van der Waals surface area contributed by atoms with Crippen LogP contribution in [0.1, 0.15) is 36.5 Å². The summed E-state index contributed by atoms with van der Waals surface area (Å²) in [6.07, 6.45) is 3.18. The third kappa shape index (κ3) is 2.21. The van der Waals surface area contributed by atoms with Crippen molar-refractivity contribution in [3.05, 3.63) is 28.2 Å². The van der Waals surface area contributed by atoms with Gasteiger partial charge in [0.05, 0.1) is 5.56 Å². The molecule has 0 spiro atoms. The van der Waals surface area contributed by atoms with E-state index in [1.165, 1.54) is 6.07 Å². The fourth-order valence-corrected chi connectivity index (χ4v) is 2.22. The van der Waals surface area contributed by atoms with Gasteiger partial charge in [-0.1, -0.05) is 15.9 Å². The van der Waals surface area contributed by atoms with Crippen LogP contribution in [0.3, 0.4) is 0 Å². The molecular formula is C12H14BrNO2. The lowest BCUT2D eigenvalue weighted by molar-refractivity contribution is 0.0848. The summed E-state index contributed by atoms with van der Waals surface area (Å²) in [6, 6.07) is 4.90. The van der Waals surface area contributed by atoms with Crippen LogP contribution in [0.25, 0.3) is 0 Å². The average Bonchev–Trinajstić information content (AvgIpc) is 2.14. The summed E-state index contributed by atoms with van der Waals surface area (Å²) >= 11 is 3.24. The normalized spacial score (nSPS) is 17.6. The van der Waals surface area contributed by atoms with Crippen molar-refractivity contribution in [3.63, 3.8) is 0 Å². The quantitative estimate of drug-likeness (QED) is 0.877. The van der Waals surface area contributed by atoms with Crippen LogP contribution in [0.2, 0.25) is 0 Å². The van der Waals surface area contributed by atoms with Gasteiger partial charge in [0, 0.05) is 10.0 Å². The SMILES string of the molecule is CC1(NC(=O)c2ccc(Br)cc2O)CCC1. The molecule has 0 heterocycles. The van der Waals surface area contributed by atoms with Crippen LogP contribution in [0, 0.1) is 0 Å². The Morgan fingerprint density at radius 2 is 2.19 bits per heavy atom. The van der Waals surface area contributed by atoms with Gasteiger partial charge in [0.15, 0.2) is 0 Å². The highest BCUT2D eigenvalue weighted by atomic mass is 79.9. The highest BCUT2D eigenvalue weighted by Gasteiger charge is 2.33. The smallest absolute Gasteiger partial charge is 0.255 e. The van der Waals surface area contributed by atoms with E-state index >= 15 is 0 Å². The van der Waals surface area contributed by atoms with Crippen molar-refractivity contribution in [2.24, 2.45) is 0 Å². The number of phenols is 1. The number of halogens is 1. The van der Waals surface area contributed by atoms with Crippen LogP contribution in [0.4, 0.5) is 0 Å². The second kappa shape index (κ2) is 4.09. The molecule has 0 unspecified atom stereocenters. The van der Waals surface area contributed by atoms with Crippen molar-refractivity contribution in [1.29, 1.82) is 0 Å². The standard InChI is InChI=1S/C12H14BrNO2/c1-12(5-2-6-12)14-11(16)9-4-3-8(13)7-10(9)15/h3-4,7,15H,2,5-6H2,1H3,(H,14,16). The zero-order valence-electron chi connectivity index (χ0n) is 9.09. The molecule has 1 amide bonds. The van der Waals surface area contributed by atoms with E-state index in [2.05, 4.69) is 21.2 Å². The molecule has 1 aromatic carbocycles. The van der Waals surface area contributed by atoms with E-state index in [-0.39, 0.29) is 17.2 Å². The number of phenolic OH excluding ortho intramolecular Hbond substituents is 1. The molecule has 1 saturated carbocycles. The first kappa shape index (κ1) is 11.5. The van der Waals surface area contributed by atoms with Crippen molar-refractivity contribution < 1.29 is 9.90 Å². The van der Waals surface area contributed by atoms with E-state index in [0.717, 1.165) is 23.7 Å². The molecule has 4 heteroatoms. The molecule has 0 aliphatic heterocycles. The summed E-state index contributed by atoms with van der Waals surface area (Å²) in [5, 5.41) is 12.6. The predicted molar refractivity (Wildman–Crippen MR) is 65.5 cm³/mol. The lowest BCUT2D eigenvalue weighted by atomic mass is 9.78. The van der Waals surface area contributed by atoms with Gasteiger partial charge in [-0.2, -0.15) is 0 Å². The minimum atomic E-state index is -0.202. The van der Waals surface area contributed by atoms with E-state index in [4.69, 9.17) is 0 Å². The molecule has 0 radical (unpaired) electrons. The van der Waals surface area contributed by atoms with E-state index < -0.39 is 0 Å². The maximum atomic E-state index is 11.9. The summed E-state index contributed by atoms with van der Waals surface area (Å²) in [6.45, 7) is 2.03. The number of carbonyl (C=O) groups is 1. The number of benzene rings is 1. The molecule has 86 valence electrons. The topological polar surface area (TPSA) is 49.3 Å². The monoisotopic (exact) mass is 283 g/mol. The highest BCUT2D eigenvalue weighted by Crippen LogP contribution is 2.32. The Morgan fingerprint density at radius 1 is 1.50 bits per heavy atom. The summed E-state index contributed by atoms with van der Waals surface area (Å²) < 4.78 is 0.761. The Labute approximate surface area is 103 Å². The van der Waals surface area contributed by atoms with Crippen LogP contribution >= 0.6 is 15.9 Å². The summed E-state index contributed by atoms with van der Waals surface area (Å²) in [5.74, 6) is -0.193. The van der Waals surface area contributed by atoms with E-state index in [1.54, 1.807) is 12.1 Å². The second-order valence-electron chi connectivity index (χ2n) is 4.53. The zero-order valence-corrected chi connectivity index (χ0v) is 10.7. The number of hydrogen-bond donors (Lipinski definition) is 2. The van der Waals surface area contributed by atoms with Crippen LogP contribution < -0.4 is 5.32 Å². The summed E-state index contributed by atoms with van der Waals surface area (Å²) in [5.41, 5.74) is 0.243. The Bertz CT molecular complexity index is 427. The molecule has 0 saturated heterocycles. The predicted octanol–water partition coefficient (Wildman–Crippen LogP) is 2.83. The lowest BCUT2D eigenvalue weighted by Gasteiger charge is -2.39. The van der Waals surface area contributed by atoms with Crippen molar-refractivity contribution in [2.75, 3.05) is 0 Å². The first-order chi connectivity index (χ1) is 7.50. The van der Waals surface area contributed by atoms with E-state index in [0.29, 0.717) is 5.56 Å². The van der Waals surface area contributed by atoms with Crippen LogP contribution in [0.15, 0.2) is 22.7 Å². The maximum absolute atomic E-state index is 11.9. The van der Waals surface area contributed by atoms with Gasteiger partial charge in [0.25, 0.3) is 5.91 Å². The molecule has 0 atom stereocenters. The number of hydrogen-bond acceptors (Lipinski definition) is 2. The molecule has 1 aromatic rings. The number of rotatable bonds is 2. The molecule has 1 fully saturated rings. The van der Waals surface area contributed by atoms with Crippen molar-refractivity contribution in [3.8, 4) is 5.75 Å². The van der Waals surface area contributed by atoms with Crippen LogP contribution in [-0.2, 0) is 0 Å². The van der Waals surface area contributed by atoms with Gasteiger partial charge in [-0.3, -0.25) is 4.79 Å². The van der Waals surface area contributed by atoms with Gasteiger partial charge >= 0.3 is 0 Å². The largest absolute Gasteiger partial charge is 0.507 e. The zero-order chi connectivity index (χ0) is 11.8. The third-order valence-electron chi connectivity index (χ3n) is 3.08. The molecule has 1 aliphatic rings. The minimum Gasteiger partial charge on any atom is -0.507 e. The van der Waals surface area contributed by atoms with Crippen LogP contribution in [0.5, 0.6) is 5.75 Å². The Balaban J connectivity index is 2.14. The van der Waals surface area contributed by atoms with Crippen molar-refractivity contribution in [1.82, 2.24) is 5.32 Å². The van der Waals surface area contributed by atoms with Gasteiger partial charge in [-0.25, -0.2) is 0 Å². The van der Waals surface area contributed by atoms with Crippen LogP contribution in [-0.4, -0.2) is 16.6 Å². The number of aromatic hydroxyl groups is 1. The van der Waals surface area contributed by atoms with Gasteiger partial charge < -0.3 is 10.4 Å². The number of amides is 1. The lowest BCUT2D eigenvalue weighted by Crippen LogP contribution is -2.50. The maximum Gasteiger partial charge on any atom is 0.255 e. The Hall–Kier alpha value is -1.03. The molecule has 1 aliphatic carbocycles. The molecule has 0 aromatic heterocycles.